The van der Waals surface area contributed by atoms with Crippen molar-refractivity contribution in [1.82, 2.24) is 30.1 Å². The predicted octanol–water partition coefficient (Wildman–Crippen LogP) is 1.80. The molecule has 1 aliphatic heterocycles. The third kappa shape index (κ3) is 5.61. The van der Waals surface area contributed by atoms with Gasteiger partial charge in [-0.2, -0.15) is 5.10 Å². The average molecular weight is 527 g/mol. The van der Waals surface area contributed by atoms with Crippen LogP contribution in [-0.4, -0.2) is 63.7 Å². The summed E-state index contributed by atoms with van der Waals surface area (Å²) in [6.45, 7) is 0.499. The predicted molar refractivity (Wildman–Crippen MR) is 140 cm³/mol. The van der Waals surface area contributed by atoms with Crippen LogP contribution in [0.3, 0.4) is 0 Å². The molecule has 0 bridgehead atoms. The van der Waals surface area contributed by atoms with Gasteiger partial charge in [0.15, 0.2) is 11.4 Å². The number of hydrogen-bond donors (Lipinski definition) is 2. The summed E-state index contributed by atoms with van der Waals surface area (Å²) in [5, 5.41) is 9.81. The third-order valence-electron chi connectivity index (χ3n) is 6.24. The van der Waals surface area contributed by atoms with E-state index in [9.17, 15) is 19.2 Å². The molecule has 11 heteroatoms. The Morgan fingerprint density at radius 2 is 1.67 bits per heavy atom. The van der Waals surface area contributed by atoms with Gasteiger partial charge in [-0.15, -0.1) is 0 Å². The van der Waals surface area contributed by atoms with Crippen molar-refractivity contribution < 1.29 is 23.9 Å². The Hall–Kier alpha value is -5.06. The summed E-state index contributed by atoms with van der Waals surface area (Å²) in [6.07, 6.45) is 1.80. The number of ether oxygens (including phenoxy) is 1. The van der Waals surface area contributed by atoms with Crippen molar-refractivity contribution in [3.63, 3.8) is 0 Å². The second kappa shape index (κ2) is 10.7. The summed E-state index contributed by atoms with van der Waals surface area (Å²) in [5.74, 6) is -0.327. The van der Waals surface area contributed by atoms with Gasteiger partial charge in [0.05, 0.1) is 6.20 Å². The van der Waals surface area contributed by atoms with Crippen LogP contribution in [0.15, 0.2) is 60.8 Å². The van der Waals surface area contributed by atoms with Gasteiger partial charge >= 0.3 is 0 Å². The molecule has 0 atom stereocenters. The van der Waals surface area contributed by atoms with Crippen LogP contribution in [0.2, 0.25) is 0 Å². The van der Waals surface area contributed by atoms with E-state index in [1.165, 1.54) is 21.7 Å². The van der Waals surface area contributed by atoms with E-state index in [4.69, 9.17) is 4.74 Å². The minimum absolute atomic E-state index is 0.00393. The minimum atomic E-state index is -0.459. The highest BCUT2D eigenvalue weighted by atomic mass is 16.5. The highest BCUT2D eigenvalue weighted by Gasteiger charge is 2.19. The Bertz CT molecular complexity index is 1590. The normalized spacial score (nSPS) is 12.4. The Morgan fingerprint density at radius 1 is 0.949 bits per heavy atom. The van der Waals surface area contributed by atoms with Crippen LogP contribution < -0.4 is 15.4 Å². The van der Waals surface area contributed by atoms with Crippen molar-refractivity contribution in [2.75, 3.05) is 20.7 Å². The van der Waals surface area contributed by atoms with Crippen molar-refractivity contribution in [2.45, 2.75) is 19.5 Å². The lowest BCUT2D eigenvalue weighted by molar-refractivity contribution is -0.121. The number of hydrogen-bond acceptors (Lipinski definition) is 7. The smallest absolute Gasteiger partial charge is 0.270 e. The van der Waals surface area contributed by atoms with Gasteiger partial charge in [0.2, 0.25) is 0 Å². The summed E-state index contributed by atoms with van der Waals surface area (Å²) >= 11 is 0. The highest BCUT2D eigenvalue weighted by Crippen LogP contribution is 2.24. The molecule has 2 aromatic carbocycles. The molecule has 2 aromatic heterocycles. The lowest BCUT2D eigenvalue weighted by Gasteiger charge is -2.17. The monoisotopic (exact) mass is 526 g/mol. The second-order valence-corrected chi connectivity index (χ2v) is 9.34. The Morgan fingerprint density at radius 3 is 2.44 bits per heavy atom. The van der Waals surface area contributed by atoms with Gasteiger partial charge < -0.3 is 20.3 Å². The number of nitrogens with zero attached hydrogens (tertiary/aromatic N) is 4. The largest absolute Gasteiger partial charge is 0.486 e. The number of rotatable bonds is 7. The van der Waals surface area contributed by atoms with E-state index in [1.807, 2.05) is 12.1 Å². The number of carbonyl (C=O) groups is 4. The maximum Gasteiger partial charge on any atom is 0.270 e. The van der Waals surface area contributed by atoms with Crippen LogP contribution in [0.4, 0.5) is 0 Å². The zero-order valence-corrected chi connectivity index (χ0v) is 21.4. The molecule has 0 aliphatic carbocycles. The number of fused-ring (bicyclic) bond motifs is 2. The molecule has 1 aliphatic rings. The molecule has 0 unspecified atom stereocenters. The average Bonchev–Trinajstić information content (AvgIpc) is 3.42. The topological polar surface area (TPSA) is 135 Å². The molecule has 198 valence electrons. The van der Waals surface area contributed by atoms with Crippen LogP contribution in [0.25, 0.3) is 5.65 Å². The lowest BCUT2D eigenvalue weighted by Crippen LogP contribution is -2.28. The molecule has 0 radical (unpaired) electrons. The van der Waals surface area contributed by atoms with Crippen molar-refractivity contribution in [3.8, 4) is 5.75 Å². The molecule has 0 saturated carbocycles. The highest BCUT2D eigenvalue weighted by molar-refractivity contribution is 5.98. The first-order valence-corrected chi connectivity index (χ1v) is 12.3. The van der Waals surface area contributed by atoms with E-state index in [2.05, 4.69) is 20.7 Å². The fraction of sp³-hybridized carbons (Fsp3) is 0.214. The van der Waals surface area contributed by atoms with Crippen LogP contribution in [0.1, 0.15) is 48.0 Å². The Kier molecular flexibility index (Phi) is 7.04. The summed E-state index contributed by atoms with van der Waals surface area (Å²) in [4.78, 5) is 55.6. The van der Waals surface area contributed by atoms with Crippen molar-refractivity contribution in [2.24, 2.45) is 0 Å². The number of Topliss-reactive ketones (excluding diaryl/α,β-unsaturated/α-hetero) is 1. The van der Waals surface area contributed by atoms with Gasteiger partial charge in [-0.1, -0.05) is 18.2 Å². The van der Waals surface area contributed by atoms with E-state index in [1.54, 1.807) is 50.5 Å². The van der Waals surface area contributed by atoms with E-state index in [0.717, 1.165) is 16.7 Å². The fourth-order valence-corrected chi connectivity index (χ4v) is 4.20. The molecule has 5 rings (SSSR count). The van der Waals surface area contributed by atoms with Gasteiger partial charge in [0, 0.05) is 56.9 Å². The molecule has 2 N–H and O–H groups in total. The lowest BCUT2D eigenvalue weighted by atomic mass is 10.0. The fourth-order valence-electron chi connectivity index (χ4n) is 4.20. The van der Waals surface area contributed by atoms with Gasteiger partial charge in [0.1, 0.15) is 23.7 Å². The number of benzene rings is 2. The standard InChI is InChI=1S/C28H26N6O5/c1-33(2)28(38)19-6-3-17(4-7-19)14-30-27(37)23-13-22(32-25-9-10-31-34(23)25)26(36)29-15-18-5-8-24-20(11-18)12-21(35)16-39-24/h3-11,13H,12,14-16H2,1-2H3,(H,29,36)(H,30,37). The van der Waals surface area contributed by atoms with E-state index >= 15 is 0 Å². The summed E-state index contributed by atoms with van der Waals surface area (Å²) in [7, 11) is 3.37. The first-order valence-electron chi connectivity index (χ1n) is 12.3. The van der Waals surface area contributed by atoms with E-state index < -0.39 is 11.8 Å². The molecule has 39 heavy (non-hydrogen) atoms. The minimum Gasteiger partial charge on any atom is -0.486 e. The summed E-state index contributed by atoms with van der Waals surface area (Å²) < 4.78 is 6.78. The maximum absolute atomic E-state index is 13.1. The van der Waals surface area contributed by atoms with Gasteiger partial charge in [0.25, 0.3) is 17.7 Å². The summed E-state index contributed by atoms with van der Waals surface area (Å²) in [5.41, 5.74) is 3.52. The Labute approximate surface area is 223 Å². The molecule has 0 saturated heterocycles. The molecule has 0 fully saturated rings. The molecule has 4 aromatic rings. The number of nitrogens with one attached hydrogen (secondary N) is 2. The van der Waals surface area contributed by atoms with Crippen molar-refractivity contribution in [1.29, 1.82) is 0 Å². The van der Waals surface area contributed by atoms with E-state index in [-0.39, 0.29) is 42.8 Å². The third-order valence-corrected chi connectivity index (χ3v) is 6.24. The number of aromatic nitrogens is 3. The Balaban J connectivity index is 1.27. The molecular formula is C28H26N6O5. The zero-order chi connectivity index (χ0) is 27.5. The maximum atomic E-state index is 13.1. The number of amides is 3. The van der Waals surface area contributed by atoms with Crippen LogP contribution >= 0.6 is 0 Å². The van der Waals surface area contributed by atoms with E-state index in [0.29, 0.717) is 23.4 Å². The van der Waals surface area contributed by atoms with Crippen LogP contribution in [0.5, 0.6) is 5.75 Å². The SMILES string of the molecule is CN(C)C(=O)c1ccc(CNC(=O)c2cc(C(=O)NCc3ccc4c(c3)CC(=O)CO4)nc3ccnn23)cc1. The van der Waals surface area contributed by atoms with Crippen LogP contribution in [-0.2, 0) is 24.3 Å². The van der Waals surface area contributed by atoms with Gasteiger partial charge in [-0.05, 0) is 35.4 Å². The number of carbonyl (C=O) groups excluding carboxylic acids is 4. The van der Waals surface area contributed by atoms with Gasteiger partial charge in [-0.25, -0.2) is 9.50 Å². The second-order valence-electron chi connectivity index (χ2n) is 9.34. The van der Waals surface area contributed by atoms with Crippen molar-refractivity contribution in [3.05, 3.63) is 94.4 Å². The molecule has 0 spiro atoms. The summed E-state index contributed by atoms with van der Waals surface area (Å²) in [6, 6.07) is 15.4. The first-order chi connectivity index (χ1) is 18.8. The molecule has 11 nitrogen and oxygen atoms in total. The number of ketones is 1. The van der Waals surface area contributed by atoms with Crippen molar-refractivity contribution >= 4 is 29.2 Å². The zero-order valence-electron chi connectivity index (χ0n) is 21.4. The first kappa shape index (κ1) is 25.6. The molecule has 3 heterocycles. The molecular weight excluding hydrogens is 500 g/mol. The van der Waals surface area contributed by atoms with Crippen LogP contribution in [0, 0.1) is 0 Å². The van der Waals surface area contributed by atoms with Gasteiger partial charge in [-0.3, -0.25) is 19.2 Å². The quantitative estimate of drug-likeness (QED) is 0.375. The molecule has 3 amide bonds.